The van der Waals surface area contributed by atoms with Gasteiger partial charge >= 0.3 is 0 Å². The van der Waals surface area contributed by atoms with Crippen molar-refractivity contribution < 1.29 is 14.3 Å². The van der Waals surface area contributed by atoms with Crippen LogP contribution in [-0.2, 0) is 15.0 Å². The van der Waals surface area contributed by atoms with Crippen molar-refractivity contribution in [1.82, 2.24) is 20.1 Å². The average molecular weight is 654 g/mol. The van der Waals surface area contributed by atoms with Crippen LogP contribution in [0.2, 0.25) is 0 Å². The van der Waals surface area contributed by atoms with Crippen molar-refractivity contribution in [2.24, 2.45) is 16.7 Å². The largest absolute Gasteiger partial charge is 0.496 e. The van der Waals surface area contributed by atoms with E-state index in [9.17, 15) is 9.59 Å². The Morgan fingerprint density at radius 2 is 1.69 bits per heavy atom. The van der Waals surface area contributed by atoms with Crippen LogP contribution in [0.15, 0.2) is 48.9 Å². The number of nitrogens with one attached hydrogen (secondary N) is 1. The van der Waals surface area contributed by atoms with Crippen molar-refractivity contribution in [3.8, 4) is 16.9 Å². The molecule has 0 atom stereocenters. The number of hydrogen-bond acceptors (Lipinski definition) is 5. The molecule has 2 bridgehead atoms. The summed E-state index contributed by atoms with van der Waals surface area (Å²) < 4.78 is 7.52. The fourth-order valence-electron chi connectivity index (χ4n) is 8.37. The molecule has 8 heteroatoms. The van der Waals surface area contributed by atoms with E-state index in [-0.39, 0.29) is 40.6 Å². The summed E-state index contributed by atoms with van der Waals surface area (Å²) >= 11 is 0. The zero-order chi connectivity index (χ0) is 34.3. The summed E-state index contributed by atoms with van der Waals surface area (Å²) in [6.07, 6.45) is 15.8. The zero-order valence-corrected chi connectivity index (χ0v) is 30.1. The standard InChI is InChI=1S/C40H55N5O3/c1-27(2)45-25-31(24-42-45)30-14-21-41-35(23-30)44(36(46)29-8-11-33(12-9-29)43-37(47)38(4,5)6)26-39-15-18-40(19-16-39,20-17-39)32-10-13-34(48-7)28(3)22-32/h10,13-14,21-25,27,29,33H,8-9,11-12,15-20,26H2,1-7H3,(H,43,47). The molecule has 2 amide bonds. The van der Waals surface area contributed by atoms with Crippen molar-refractivity contribution in [2.75, 3.05) is 18.6 Å². The molecule has 8 nitrogen and oxygen atoms in total. The monoisotopic (exact) mass is 653 g/mol. The van der Waals surface area contributed by atoms with Gasteiger partial charge in [-0.2, -0.15) is 5.10 Å². The minimum Gasteiger partial charge on any atom is -0.496 e. The third-order valence-electron chi connectivity index (χ3n) is 11.7. The smallest absolute Gasteiger partial charge is 0.231 e. The molecule has 3 aromatic rings. The van der Waals surface area contributed by atoms with Gasteiger partial charge in [-0.05, 0) is 131 Å². The number of benzene rings is 1. The molecular weight excluding hydrogens is 598 g/mol. The van der Waals surface area contributed by atoms with E-state index in [4.69, 9.17) is 9.72 Å². The van der Waals surface area contributed by atoms with Crippen LogP contribution in [0.5, 0.6) is 5.75 Å². The zero-order valence-electron chi connectivity index (χ0n) is 30.1. The summed E-state index contributed by atoms with van der Waals surface area (Å²) in [5.74, 6) is 1.87. The van der Waals surface area contributed by atoms with Crippen LogP contribution in [0.3, 0.4) is 0 Å². The van der Waals surface area contributed by atoms with Crippen molar-refractivity contribution in [3.63, 3.8) is 0 Å². The summed E-state index contributed by atoms with van der Waals surface area (Å²) in [5.41, 5.74) is 4.55. The summed E-state index contributed by atoms with van der Waals surface area (Å²) in [6, 6.07) is 11.2. The normalized spacial score (nSPS) is 25.6. The van der Waals surface area contributed by atoms with Crippen molar-refractivity contribution >= 4 is 17.6 Å². The number of carbonyl (C=O) groups is 2. The average Bonchev–Trinajstić information content (AvgIpc) is 3.59. The third kappa shape index (κ3) is 6.90. The summed E-state index contributed by atoms with van der Waals surface area (Å²) in [4.78, 5) is 34.2. The molecule has 48 heavy (non-hydrogen) atoms. The Balaban J connectivity index is 1.23. The Hall–Kier alpha value is -3.68. The molecular formula is C40H55N5O3. The molecule has 0 aliphatic heterocycles. The number of hydrogen-bond donors (Lipinski definition) is 1. The summed E-state index contributed by atoms with van der Waals surface area (Å²) in [7, 11) is 1.74. The van der Waals surface area contributed by atoms with Crippen molar-refractivity contribution in [3.05, 3.63) is 60.0 Å². The molecule has 2 aromatic heterocycles. The maximum atomic E-state index is 14.6. The van der Waals surface area contributed by atoms with E-state index in [2.05, 4.69) is 61.6 Å². The Morgan fingerprint density at radius 3 is 2.27 bits per heavy atom. The maximum Gasteiger partial charge on any atom is 0.231 e. The number of nitrogens with zero attached hydrogens (tertiary/aromatic N) is 4. The molecule has 0 saturated heterocycles. The molecule has 0 spiro atoms. The van der Waals surface area contributed by atoms with Gasteiger partial charge in [0.25, 0.3) is 0 Å². The topological polar surface area (TPSA) is 89.4 Å². The van der Waals surface area contributed by atoms with Crippen LogP contribution in [-0.4, -0.2) is 46.3 Å². The van der Waals surface area contributed by atoms with E-state index in [1.165, 1.54) is 11.1 Å². The number of anilines is 1. The van der Waals surface area contributed by atoms with Crippen LogP contribution in [0, 0.1) is 23.7 Å². The minimum atomic E-state index is -0.422. The van der Waals surface area contributed by atoms with E-state index in [1.807, 2.05) is 48.8 Å². The first kappa shape index (κ1) is 34.2. The molecule has 7 rings (SSSR count). The quantitative estimate of drug-likeness (QED) is 0.252. The molecule has 4 aliphatic rings. The lowest BCUT2D eigenvalue weighted by Crippen LogP contribution is -2.52. The highest BCUT2D eigenvalue weighted by Gasteiger charge is 2.51. The van der Waals surface area contributed by atoms with Gasteiger partial charge in [-0.15, -0.1) is 0 Å². The predicted octanol–water partition coefficient (Wildman–Crippen LogP) is 8.19. The molecule has 1 aromatic carbocycles. The number of aromatic nitrogens is 3. The van der Waals surface area contributed by atoms with Crippen LogP contribution in [0.25, 0.3) is 11.1 Å². The van der Waals surface area contributed by atoms with E-state index in [0.29, 0.717) is 6.54 Å². The van der Waals surface area contributed by atoms with Gasteiger partial charge in [0.15, 0.2) is 0 Å². The van der Waals surface area contributed by atoms with Gasteiger partial charge in [-0.3, -0.25) is 19.2 Å². The number of amides is 2. The highest BCUT2D eigenvalue weighted by molar-refractivity contribution is 5.95. The number of pyridine rings is 1. The van der Waals surface area contributed by atoms with Gasteiger partial charge in [0.2, 0.25) is 11.8 Å². The fourth-order valence-corrected chi connectivity index (χ4v) is 8.37. The molecule has 1 N–H and O–H groups in total. The Morgan fingerprint density at radius 1 is 1.00 bits per heavy atom. The molecule has 4 aliphatic carbocycles. The van der Waals surface area contributed by atoms with E-state index in [0.717, 1.165) is 86.9 Å². The third-order valence-corrected chi connectivity index (χ3v) is 11.7. The fraction of sp³-hybridized carbons (Fsp3) is 0.600. The first-order chi connectivity index (χ1) is 22.8. The number of methoxy groups -OCH3 is 1. The summed E-state index contributed by atoms with van der Waals surface area (Å²) in [5, 5.41) is 7.80. The van der Waals surface area contributed by atoms with Crippen molar-refractivity contribution in [2.45, 2.75) is 123 Å². The highest BCUT2D eigenvalue weighted by Crippen LogP contribution is 2.58. The maximum absolute atomic E-state index is 14.6. The Kier molecular flexibility index (Phi) is 9.49. The Labute approximate surface area is 287 Å². The molecule has 0 radical (unpaired) electrons. The van der Waals surface area contributed by atoms with Gasteiger partial charge in [0.1, 0.15) is 11.6 Å². The highest BCUT2D eigenvalue weighted by atomic mass is 16.5. The number of fused-ring (bicyclic) bond motifs is 3. The summed E-state index contributed by atoms with van der Waals surface area (Å²) in [6.45, 7) is 12.9. The number of aryl methyl sites for hydroxylation is 1. The molecule has 0 unspecified atom stereocenters. The van der Waals surface area contributed by atoms with E-state index >= 15 is 0 Å². The van der Waals surface area contributed by atoms with Crippen LogP contribution in [0.4, 0.5) is 5.82 Å². The lowest BCUT2D eigenvalue weighted by atomic mass is 9.51. The van der Waals surface area contributed by atoms with E-state index in [1.54, 1.807) is 7.11 Å². The first-order valence-corrected chi connectivity index (χ1v) is 18.1. The number of ether oxygens (including phenoxy) is 1. The lowest BCUT2D eigenvalue weighted by molar-refractivity contribution is -0.129. The van der Waals surface area contributed by atoms with Crippen LogP contribution >= 0.6 is 0 Å². The van der Waals surface area contributed by atoms with Gasteiger partial charge in [0.05, 0.1) is 13.3 Å². The molecule has 4 saturated carbocycles. The molecule has 258 valence electrons. The van der Waals surface area contributed by atoms with Gasteiger partial charge < -0.3 is 10.1 Å². The van der Waals surface area contributed by atoms with E-state index < -0.39 is 5.41 Å². The van der Waals surface area contributed by atoms with Gasteiger partial charge in [0, 0.05) is 47.9 Å². The van der Waals surface area contributed by atoms with Gasteiger partial charge in [-0.1, -0.05) is 32.9 Å². The first-order valence-electron chi connectivity index (χ1n) is 18.1. The Bertz CT molecular complexity index is 1600. The molecule has 4 fully saturated rings. The number of rotatable bonds is 9. The van der Waals surface area contributed by atoms with Gasteiger partial charge in [-0.25, -0.2) is 4.98 Å². The minimum absolute atomic E-state index is 0.0770. The predicted molar refractivity (Wildman–Crippen MR) is 191 cm³/mol. The molecule has 2 heterocycles. The second kappa shape index (κ2) is 13.3. The van der Waals surface area contributed by atoms with Crippen LogP contribution < -0.4 is 15.0 Å². The number of carbonyl (C=O) groups excluding carboxylic acids is 2. The van der Waals surface area contributed by atoms with Crippen LogP contribution in [0.1, 0.15) is 116 Å². The second-order valence-electron chi connectivity index (χ2n) is 16.4. The van der Waals surface area contributed by atoms with Crippen molar-refractivity contribution in [1.29, 1.82) is 0 Å². The lowest BCUT2D eigenvalue weighted by Gasteiger charge is -2.55. The second-order valence-corrected chi connectivity index (χ2v) is 16.4. The SMILES string of the molecule is COc1ccc(C23CCC(CN(C(=O)C4CCC(NC(=O)C(C)(C)C)CC4)c4cc(-c5cnn(C(C)C)c5)ccn4)(CC2)CC3)cc1C.